The average Bonchev–Trinajstić information content (AvgIpc) is 3.32. The SMILES string of the molecule is CN(CC(=O)NCc1ccc(C(=O)N2CCCC2)cc1)Cc1ccc(Cl)s1. The summed E-state index contributed by atoms with van der Waals surface area (Å²) in [7, 11) is 1.91. The normalized spacial score (nSPS) is 14.0. The molecule has 0 saturated carbocycles. The summed E-state index contributed by atoms with van der Waals surface area (Å²) in [6.07, 6.45) is 2.17. The number of carbonyl (C=O) groups excluding carboxylic acids is 2. The van der Waals surface area contributed by atoms with Gasteiger partial charge in [-0.25, -0.2) is 0 Å². The van der Waals surface area contributed by atoms with Gasteiger partial charge in [0.15, 0.2) is 0 Å². The lowest BCUT2D eigenvalue weighted by Gasteiger charge is -2.16. The zero-order chi connectivity index (χ0) is 19.2. The molecule has 1 aliphatic heterocycles. The lowest BCUT2D eigenvalue weighted by molar-refractivity contribution is -0.122. The Morgan fingerprint density at radius 2 is 1.85 bits per heavy atom. The maximum absolute atomic E-state index is 12.3. The Morgan fingerprint density at radius 3 is 2.48 bits per heavy atom. The highest BCUT2D eigenvalue weighted by molar-refractivity contribution is 7.16. The predicted octanol–water partition coefficient (Wildman–Crippen LogP) is 3.39. The molecule has 2 amide bonds. The number of nitrogens with one attached hydrogen (secondary N) is 1. The number of likely N-dealkylation sites (N-methyl/N-ethyl adjacent to an activating group) is 1. The van der Waals surface area contributed by atoms with Gasteiger partial charge in [0.2, 0.25) is 5.91 Å². The van der Waals surface area contributed by atoms with E-state index in [1.165, 1.54) is 11.3 Å². The monoisotopic (exact) mass is 405 g/mol. The first-order chi connectivity index (χ1) is 13.0. The third-order valence-corrected chi connectivity index (χ3v) is 5.77. The predicted molar refractivity (Wildman–Crippen MR) is 109 cm³/mol. The van der Waals surface area contributed by atoms with Gasteiger partial charge < -0.3 is 10.2 Å². The summed E-state index contributed by atoms with van der Waals surface area (Å²) in [4.78, 5) is 29.5. The van der Waals surface area contributed by atoms with E-state index in [0.29, 0.717) is 25.2 Å². The van der Waals surface area contributed by atoms with Gasteiger partial charge >= 0.3 is 0 Å². The number of benzene rings is 1. The van der Waals surface area contributed by atoms with E-state index in [1.807, 2.05) is 53.2 Å². The van der Waals surface area contributed by atoms with Crippen molar-refractivity contribution in [2.24, 2.45) is 0 Å². The van der Waals surface area contributed by atoms with E-state index in [0.717, 1.165) is 40.7 Å². The largest absolute Gasteiger partial charge is 0.351 e. The van der Waals surface area contributed by atoms with E-state index in [2.05, 4.69) is 5.32 Å². The van der Waals surface area contributed by atoms with Crippen molar-refractivity contribution in [2.45, 2.75) is 25.9 Å². The lowest BCUT2D eigenvalue weighted by Crippen LogP contribution is -2.34. The van der Waals surface area contributed by atoms with Gasteiger partial charge in [-0.2, -0.15) is 0 Å². The molecule has 0 bridgehead atoms. The van der Waals surface area contributed by atoms with Crippen LogP contribution in [0, 0.1) is 0 Å². The van der Waals surface area contributed by atoms with Gasteiger partial charge in [-0.05, 0) is 49.7 Å². The zero-order valence-corrected chi connectivity index (χ0v) is 17.0. The highest BCUT2D eigenvalue weighted by atomic mass is 35.5. The number of carbonyl (C=O) groups is 2. The molecule has 0 radical (unpaired) electrons. The first-order valence-electron chi connectivity index (χ1n) is 9.09. The summed E-state index contributed by atoms with van der Waals surface area (Å²) in [5.41, 5.74) is 1.69. The molecule has 2 aromatic rings. The zero-order valence-electron chi connectivity index (χ0n) is 15.4. The molecule has 0 unspecified atom stereocenters. The maximum Gasteiger partial charge on any atom is 0.253 e. The van der Waals surface area contributed by atoms with Crippen molar-refractivity contribution in [1.82, 2.24) is 15.1 Å². The molecule has 3 rings (SSSR count). The fourth-order valence-corrected chi connectivity index (χ4v) is 4.30. The van der Waals surface area contributed by atoms with Crippen LogP contribution in [0.25, 0.3) is 0 Å². The van der Waals surface area contributed by atoms with Crippen LogP contribution in [-0.4, -0.2) is 48.3 Å². The summed E-state index contributed by atoms with van der Waals surface area (Å²) < 4.78 is 0.759. The van der Waals surface area contributed by atoms with E-state index in [9.17, 15) is 9.59 Å². The Morgan fingerprint density at radius 1 is 1.15 bits per heavy atom. The Hall–Kier alpha value is -1.89. The van der Waals surface area contributed by atoms with Crippen LogP contribution in [0.3, 0.4) is 0 Å². The fourth-order valence-electron chi connectivity index (χ4n) is 3.13. The maximum atomic E-state index is 12.3. The van der Waals surface area contributed by atoms with E-state index in [-0.39, 0.29) is 11.8 Å². The van der Waals surface area contributed by atoms with E-state index < -0.39 is 0 Å². The van der Waals surface area contributed by atoms with Gasteiger partial charge in [0, 0.05) is 36.6 Å². The molecule has 0 spiro atoms. The molecule has 7 heteroatoms. The molecule has 1 aromatic heterocycles. The summed E-state index contributed by atoms with van der Waals surface area (Å²) in [6.45, 7) is 3.17. The Kier molecular flexibility index (Phi) is 6.88. The highest BCUT2D eigenvalue weighted by Crippen LogP contribution is 2.22. The van der Waals surface area contributed by atoms with Crippen LogP contribution in [0.5, 0.6) is 0 Å². The number of likely N-dealkylation sites (tertiary alicyclic amines) is 1. The third-order valence-electron chi connectivity index (χ3n) is 4.55. The van der Waals surface area contributed by atoms with E-state index in [4.69, 9.17) is 11.6 Å². The van der Waals surface area contributed by atoms with Crippen molar-refractivity contribution in [3.05, 3.63) is 56.7 Å². The van der Waals surface area contributed by atoms with Crippen molar-refractivity contribution >= 4 is 34.8 Å². The van der Waals surface area contributed by atoms with Crippen molar-refractivity contribution in [3.8, 4) is 0 Å². The molecule has 144 valence electrons. The number of amides is 2. The number of hydrogen-bond acceptors (Lipinski definition) is 4. The van der Waals surface area contributed by atoms with Gasteiger partial charge in [0.05, 0.1) is 10.9 Å². The van der Waals surface area contributed by atoms with Crippen LogP contribution in [0.1, 0.15) is 33.6 Å². The van der Waals surface area contributed by atoms with Crippen LogP contribution in [0.2, 0.25) is 4.34 Å². The Labute approximate surface area is 168 Å². The standard InChI is InChI=1S/C20H24ClN3O2S/c1-23(13-17-8-9-18(21)27-17)14-19(25)22-12-15-4-6-16(7-5-15)20(26)24-10-2-3-11-24/h4-9H,2-3,10-14H2,1H3,(H,22,25). The van der Waals surface area contributed by atoms with E-state index in [1.54, 1.807) is 0 Å². The number of nitrogens with zero attached hydrogens (tertiary/aromatic N) is 2. The Bertz CT molecular complexity index is 785. The number of thiophene rings is 1. The molecule has 1 aliphatic rings. The summed E-state index contributed by atoms with van der Waals surface area (Å²) in [5, 5.41) is 2.93. The third kappa shape index (κ3) is 5.79. The van der Waals surface area contributed by atoms with Crippen LogP contribution in [-0.2, 0) is 17.9 Å². The summed E-state index contributed by atoms with van der Waals surface area (Å²) >= 11 is 7.46. The second kappa shape index (κ2) is 9.35. The smallest absolute Gasteiger partial charge is 0.253 e. The van der Waals surface area contributed by atoms with Crippen molar-refractivity contribution in [3.63, 3.8) is 0 Å². The first kappa shape index (κ1) is 19.9. The lowest BCUT2D eigenvalue weighted by atomic mass is 10.1. The Balaban J connectivity index is 1.43. The van der Waals surface area contributed by atoms with Gasteiger partial charge in [-0.3, -0.25) is 14.5 Å². The first-order valence-corrected chi connectivity index (χ1v) is 10.3. The van der Waals surface area contributed by atoms with Crippen LogP contribution < -0.4 is 5.32 Å². The van der Waals surface area contributed by atoms with Gasteiger partial charge in [0.25, 0.3) is 5.91 Å². The van der Waals surface area contributed by atoms with Gasteiger partial charge in [0.1, 0.15) is 0 Å². The highest BCUT2D eigenvalue weighted by Gasteiger charge is 2.19. The topological polar surface area (TPSA) is 52.7 Å². The summed E-state index contributed by atoms with van der Waals surface area (Å²) in [5.74, 6) is 0.0655. The van der Waals surface area contributed by atoms with E-state index >= 15 is 0 Å². The summed E-state index contributed by atoms with van der Waals surface area (Å²) in [6, 6.07) is 11.3. The van der Waals surface area contributed by atoms with Gasteiger partial charge in [-0.1, -0.05) is 23.7 Å². The minimum Gasteiger partial charge on any atom is -0.351 e. The second-order valence-corrected chi connectivity index (χ2v) is 8.65. The molecule has 27 heavy (non-hydrogen) atoms. The average molecular weight is 406 g/mol. The number of hydrogen-bond donors (Lipinski definition) is 1. The van der Waals surface area contributed by atoms with Crippen LogP contribution in [0.4, 0.5) is 0 Å². The molecule has 1 saturated heterocycles. The molecule has 1 N–H and O–H groups in total. The second-order valence-electron chi connectivity index (χ2n) is 6.85. The minimum atomic E-state index is -0.0302. The minimum absolute atomic E-state index is 0.0302. The van der Waals surface area contributed by atoms with Gasteiger partial charge in [-0.15, -0.1) is 11.3 Å². The quantitative estimate of drug-likeness (QED) is 0.768. The molecule has 0 aliphatic carbocycles. The molecule has 2 heterocycles. The molecule has 5 nitrogen and oxygen atoms in total. The molecule has 0 atom stereocenters. The molecular weight excluding hydrogens is 382 g/mol. The fraction of sp³-hybridized carbons (Fsp3) is 0.400. The molecule has 1 aromatic carbocycles. The number of halogens is 1. The van der Waals surface area contributed by atoms with Crippen LogP contribution >= 0.6 is 22.9 Å². The molecular formula is C20H24ClN3O2S. The van der Waals surface area contributed by atoms with Crippen molar-refractivity contribution < 1.29 is 9.59 Å². The van der Waals surface area contributed by atoms with Crippen molar-refractivity contribution in [2.75, 3.05) is 26.7 Å². The van der Waals surface area contributed by atoms with Crippen molar-refractivity contribution in [1.29, 1.82) is 0 Å². The van der Waals surface area contributed by atoms with Crippen LogP contribution in [0.15, 0.2) is 36.4 Å². The molecule has 1 fully saturated rings. The number of rotatable bonds is 7.